The molecule has 0 saturated heterocycles. The Morgan fingerprint density at radius 2 is 1.93 bits per heavy atom. The van der Waals surface area contributed by atoms with Gasteiger partial charge in [-0.3, -0.25) is 14.9 Å². The van der Waals surface area contributed by atoms with E-state index in [4.69, 9.17) is 5.73 Å². The molecule has 1 rings (SSSR count). The summed E-state index contributed by atoms with van der Waals surface area (Å²) in [5.41, 5.74) is 8.10. The molecular weight excluding hydrogens is 178 g/mol. The van der Waals surface area contributed by atoms with Crippen LogP contribution in [0.4, 0.5) is 0 Å². The van der Waals surface area contributed by atoms with Crippen LogP contribution in [0.1, 0.15) is 25.7 Å². The molecule has 0 aromatic carbocycles. The van der Waals surface area contributed by atoms with Gasteiger partial charge in [0.2, 0.25) is 5.91 Å². The van der Waals surface area contributed by atoms with Gasteiger partial charge in [-0.15, -0.1) is 0 Å². The zero-order valence-electron chi connectivity index (χ0n) is 8.28. The van der Waals surface area contributed by atoms with E-state index in [9.17, 15) is 4.79 Å². The lowest BCUT2D eigenvalue weighted by atomic mass is 10.2. The molecule has 1 aromatic heterocycles. The zero-order valence-corrected chi connectivity index (χ0v) is 8.28. The number of nitrogens with one attached hydrogen (secondary N) is 1. The molecular formula is C10H17N3O. The van der Waals surface area contributed by atoms with Gasteiger partial charge in [0, 0.05) is 18.8 Å². The lowest BCUT2D eigenvalue weighted by Gasteiger charge is -2.05. The third kappa shape index (κ3) is 4.09. The predicted molar refractivity (Wildman–Crippen MR) is 56.3 cm³/mol. The van der Waals surface area contributed by atoms with E-state index in [1.807, 2.05) is 12.1 Å². The number of hydrogen-bond donors (Lipinski definition) is 2. The minimum atomic E-state index is 0.0539. The number of carbonyl (C=O) groups is 1. The van der Waals surface area contributed by atoms with E-state index in [1.54, 1.807) is 17.1 Å². The fourth-order valence-corrected chi connectivity index (χ4v) is 1.22. The number of hydrogen-bond acceptors (Lipinski definition) is 2. The largest absolute Gasteiger partial charge is 0.330 e. The molecule has 4 nitrogen and oxygen atoms in total. The normalized spacial score (nSPS) is 10.1. The molecule has 1 heterocycles. The lowest BCUT2D eigenvalue weighted by Crippen LogP contribution is -2.20. The lowest BCUT2D eigenvalue weighted by molar-refractivity contribution is -0.117. The van der Waals surface area contributed by atoms with E-state index in [2.05, 4.69) is 5.43 Å². The van der Waals surface area contributed by atoms with Crippen molar-refractivity contribution in [2.45, 2.75) is 25.7 Å². The molecule has 0 saturated carbocycles. The third-order valence-electron chi connectivity index (χ3n) is 1.97. The summed E-state index contributed by atoms with van der Waals surface area (Å²) in [6.07, 6.45) is 7.10. The average molecular weight is 195 g/mol. The van der Waals surface area contributed by atoms with E-state index in [1.165, 1.54) is 0 Å². The van der Waals surface area contributed by atoms with Gasteiger partial charge < -0.3 is 5.73 Å². The quantitative estimate of drug-likeness (QED) is 0.667. The van der Waals surface area contributed by atoms with E-state index < -0.39 is 0 Å². The Kier molecular flexibility index (Phi) is 4.78. The Morgan fingerprint density at radius 1 is 1.21 bits per heavy atom. The van der Waals surface area contributed by atoms with Crippen LogP contribution in [0.25, 0.3) is 0 Å². The number of nitrogens with zero attached hydrogens (tertiary/aromatic N) is 1. The molecule has 4 heteroatoms. The van der Waals surface area contributed by atoms with Gasteiger partial charge in [0.1, 0.15) is 0 Å². The Balaban J connectivity index is 2.11. The Bertz CT molecular complexity index is 256. The maximum absolute atomic E-state index is 11.3. The number of amides is 1. The second-order valence-electron chi connectivity index (χ2n) is 3.22. The smallest absolute Gasteiger partial charge is 0.238 e. The minimum absolute atomic E-state index is 0.0539. The van der Waals surface area contributed by atoms with Gasteiger partial charge in [-0.2, -0.15) is 0 Å². The first kappa shape index (κ1) is 10.8. The fourth-order valence-electron chi connectivity index (χ4n) is 1.22. The van der Waals surface area contributed by atoms with Crippen molar-refractivity contribution in [3.63, 3.8) is 0 Å². The molecule has 0 aliphatic heterocycles. The molecule has 0 unspecified atom stereocenters. The number of nitrogens with two attached hydrogens (primary N) is 1. The highest BCUT2D eigenvalue weighted by Gasteiger charge is 1.99. The van der Waals surface area contributed by atoms with Gasteiger partial charge >= 0.3 is 0 Å². The summed E-state index contributed by atoms with van der Waals surface area (Å²) in [4.78, 5) is 11.3. The molecule has 0 spiro atoms. The molecule has 1 amide bonds. The maximum atomic E-state index is 11.3. The first-order valence-corrected chi connectivity index (χ1v) is 4.96. The number of rotatable bonds is 6. The zero-order chi connectivity index (χ0) is 10.2. The van der Waals surface area contributed by atoms with Crippen molar-refractivity contribution < 1.29 is 4.79 Å². The highest BCUT2D eigenvalue weighted by Crippen LogP contribution is 1.99. The summed E-state index contributed by atoms with van der Waals surface area (Å²) in [6, 6.07) is 3.74. The van der Waals surface area contributed by atoms with E-state index in [-0.39, 0.29) is 5.91 Å². The van der Waals surface area contributed by atoms with Gasteiger partial charge in [0.05, 0.1) is 0 Å². The van der Waals surface area contributed by atoms with E-state index in [0.29, 0.717) is 13.0 Å². The van der Waals surface area contributed by atoms with Crippen molar-refractivity contribution in [1.29, 1.82) is 0 Å². The number of unbranched alkanes of at least 4 members (excludes halogenated alkanes) is 2. The Hall–Kier alpha value is -1.29. The molecule has 0 aliphatic carbocycles. The highest BCUT2D eigenvalue weighted by atomic mass is 16.2. The van der Waals surface area contributed by atoms with Crippen LogP contribution in [-0.4, -0.2) is 17.1 Å². The summed E-state index contributed by atoms with van der Waals surface area (Å²) in [6.45, 7) is 0.708. The fraction of sp³-hybridized carbons (Fsp3) is 0.500. The Labute approximate surface area is 84.1 Å². The minimum Gasteiger partial charge on any atom is -0.330 e. The average Bonchev–Trinajstić information content (AvgIpc) is 2.65. The molecule has 3 N–H and O–H groups in total. The van der Waals surface area contributed by atoms with Crippen molar-refractivity contribution in [3.05, 3.63) is 24.5 Å². The van der Waals surface area contributed by atoms with E-state index in [0.717, 1.165) is 19.3 Å². The van der Waals surface area contributed by atoms with E-state index >= 15 is 0 Å². The molecule has 14 heavy (non-hydrogen) atoms. The van der Waals surface area contributed by atoms with Crippen LogP contribution in [0.5, 0.6) is 0 Å². The van der Waals surface area contributed by atoms with Crippen LogP contribution < -0.4 is 11.2 Å². The Morgan fingerprint density at radius 3 is 2.57 bits per heavy atom. The summed E-state index contributed by atoms with van der Waals surface area (Å²) in [7, 11) is 0. The number of carbonyl (C=O) groups excluding carboxylic acids is 1. The molecule has 0 atom stereocenters. The molecule has 78 valence electrons. The van der Waals surface area contributed by atoms with Crippen molar-refractivity contribution in [1.82, 2.24) is 4.68 Å². The van der Waals surface area contributed by atoms with Crippen molar-refractivity contribution >= 4 is 5.91 Å². The van der Waals surface area contributed by atoms with Crippen molar-refractivity contribution in [3.8, 4) is 0 Å². The first-order chi connectivity index (χ1) is 6.83. The van der Waals surface area contributed by atoms with Crippen LogP contribution in [0, 0.1) is 0 Å². The first-order valence-electron chi connectivity index (χ1n) is 4.96. The third-order valence-corrected chi connectivity index (χ3v) is 1.97. The molecule has 0 aliphatic rings. The SMILES string of the molecule is NCCCCCC(=O)Nn1cccc1. The maximum Gasteiger partial charge on any atom is 0.238 e. The summed E-state index contributed by atoms with van der Waals surface area (Å²) in [5.74, 6) is 0.0539. The molecule has 0 bridgehead atoms. The van der Waals surface area contributed by atoms with Gasteiger partial charge in [0.25, 0.3) is 0 Å². The summed E-state index contributed by atoms with van der Waals surface area (Å²) in [5, 5.41) is 0. The van der Waals surface area contributed by atoms with Crippen molar-refractivity contribution in [2.75, 3.05) is 12.0 Å². The molecule has 1 aromatic rings. The van der Waals surface area contributed by atoms with Crippen molar-refractivity contribution in [2.24, 2.45) is 5.73 Å². The van der Waals surface area contributed by atoms with Gasteiger partial charge in [-0.05, 0) is 31.5 Å². The van der Waals surface area contributed by atoms with Gasteiger partial charge in [-0.1, -0.05) is 6.42 Å². The monoisotopic (exact) mass is 195 g/mol. The molecule has 0 fully saturated rings. The van der Waals surface area contributed by atoms with Crippen LogP contribution in [-0.2, 0) is 4.79 Å². The standard InChI is InChI=1S/C10H17N3O/c11-7-3-1-2-6-10(14)12-13-8-4-5-9-13/h4-5,8-9H,1-3,6-7,11H2,(H,12,14). The highest BCUT2D eigenvalue weighted by molar-refractivity contribution is 5.83. The van der Waals surface area contributed by atoms with Crippen LogP contribution in [0.15, 0.2) is 24.5 Å². The topological polar surface area (TPSA) is 60.1 Å². The van der Waals surface area contributed by atoms with Gasteiger partial charge in [0.15, 0.2) is 0 Å². The second kappa shape index (κ2) is 6.21. The van der Waals surface area contributed by atoms with Crippen LogP contribution in [0.2, 0.25) is 0 Å². The summed E-state index contributed by atoms with van der Waals surface area (Å²) < 4.78 is 1.66. The summed E-state index contributed by atoms with van der Waals surface area (Å²) >= 11 is 0. The van der Waals surface area contributed by atoms with Crippen LogP contribution >= 0.6 is 0 Å². The van der Waals surface area contributed by atoms with Gasteiger partial charge in [-0.25, -0.2) is 0 Å². The van der Waals surface area contributed by atoms with Crippen LogP contribution in [0.3, 0.4) is 0 Å². The second-order valence-corrected chi connectivity index (χ2v) is 3.22. The number of aromatic nitrogens is 1. The molecule has 0 radical (unpaired) electrons. The predicted octanol–water partition coefficient (Wildman–Crippen LogP) is 1.08.